The minimum atomic E-state index is -3.90. The molecule has 11 heteroatoms. The molecule has 2 aromatic carbocycles. The van der Waals surface area contributed by atoms with Crippen molar-refractivity contribution in [1.82, 2.24) is 4.57 Å². The first kappa shape index (κ1) is 24.2. The van der Waals surface area contributed by atoms with Crippen molar-refractivity contribution >= 4 is 55.2 Å². The number of rotatable bonds is 7. The van der Waals surface area contributed by atoms with E-state index in [-0.39, 0.29) is 22.8 Å². The molecule has 0 atom stereocenters. The number of amides is 1. The fourth-order valence-corrected chi connectivity index (χ4v) is 5.51. The molecular weight excluding hydrogens is 470 g/mol. The Morgan fingerprint density at radius 2 is 1.97 bits per heavy atom. The molecule has 1 amide bonds. The zero-order chi connectivity index (χ0) is 23.5. The summed E-state index contributed by atoms with van der Waals surface area (Å²) in [7, 11) is -3.90. The second-order valence-electron chi connectivity index (χ2n) is 7.06. The first-order valence-corrected chi connectivity index (χ1v) is 13.0. The third-order valence-corrected chi connectivity index (χ3v) is 7.17. The predicted octanol–water partition coefficient (Wildman–Crippen LogP) is 3.15. The summed E-state index contributed by atoms with van der Waals surface area (Å²) in [5, 5.41) is 5.60. The number of hydrogen-bond acceptors (Lipinski definition) is 7. The van der Waals surface area contributed by atoms with E-state index in [1.54, 1.807) is 36.9 Å². The lowest BCUT2D eigenvalue weighted by molar-refractivity contribution is -0.143. The van der Waals surface area contributed by atoms with Crippen molar-refractivity contribution in [3.05, 3.63) is 52.8 Å². The summed E-state index contributed by atoms with van der Waals surface area (Å²) in [6.45, 7) is 5.87. The molecule has 8 nitrogen and oxygen atoms in total. The number of benzene rings is 2. The maximum Gasteiger partial charge on any atom is 0.326 e. The van der Waals surface area contributed by atoms with Gasteiger partial charge in [0.25, 0.3) is 5.91 Å². The smallest absolute Gasteiger partial charge is 0.326 e. The largest absolute Gasteiger partial charge is 0.465 e. The number of carbonyl (C=O) groups excluding carboxylic acids is 2. The van der Waals surface area contributed by atoms with Crippen molar-refractivity contribution in [2.75, 3.05) is 6.61 Å². The topological polar surface area (TPSA) is 121 Å². The molecule has 0 unspecified atom stereocenters. The van der Waals surface area contributed by atoms with E-state index in [1.165, 1.54) is 22.8 Å². The first-order chi connectivity index (χ1) is 15.1. The van der Waals surface area contributed by atoms with E-state index in [4.69, 9.17) is 9.88 Å². The zero-order valence-electron chi connectivity index (χ0n) is 17.8. The SMILES string of the molecule is CCOC(=O)Cn1c(=NC(=O)c2cccc(SC(C)C)c2)sc2cc(S(N)(=O)=O)ccc21. The predicted molar refractivity (Wildman–Crippen MR) is 125 cm³/mol. The standard InChI is InChI=1S/C21H23N3O5S3/c1-4-29-19(25)12-24-17-9-8-16(32(22,27)28)11-18(17)31-21(24)23-20(26)14-6-5-7-15(10-14)30-13(2)3/h5-11,13H,4,12H2,1-3H3,(H2,22,27,28). The Morgan fingerprint density at radius 3 is 2.62 bits per heavy atom. The number of thioether (sulfide) groups is 1. The van der Waals surface area contributed by atoms with Crippen LogP contribution in [0.2, 0.25) is 0 Å². The van der Waals surface area contributed by atoms with Gasteiger partial charge in [-0.1, -0.05) is 31.3 Å². The maximum atomic E-state index is 12.9. The highest BCUT2D eigenvalue weighted by Gasteiger charge is 2.16. The number of aromatic nitrogens is 1. The molecule has 0 fully saturated rings. The highest BCUT2D eigenvalue weighted by Crippen LogP contribution is 2.24. The minimum absolute atomic E-state index is 0.0641. The van der Waals surface area contributed by atoms with Gasteiger partial charge in [-0.15, -0.1) is 11.8 Å². The van der Waals surface area contributed by atoms with Crippen LogP contribution in [-0.2, 0) is 26.1 Å². The Kier molecular flexibility index (Phi) is 7.55. The third kappa shape index (κ3) is 5.85. The molecular formula is C21H23N3O5S3. The van der Waals surface area contributed by atoms with Crippen LogP contribution in [0.3, 0.4) is 0 Å². The average molecular weight is 494 g/mol. The molecule has 1 heterocycles. The zero-order valence-corrected chi connectivity index (χ0v) is 20.2. The molecule has 0 radical (unpaired) electrons. The lowest BCUT2D eigenvalue weighted by Gasteiger charge is -2.06. The van der Waals surface area contributed by atoms with Crippen molar-refractivity contribution in [2.45, 2.75) is 42.4 Å². The van der Waals surface area contributed by atoms with E-state index >= 15 is 0 Å². The molecule has 2 N–H and O–H groups in total. The van der Waals surface area contributed by atoms with Crippen LogP contribution in [0.25, 0.3) is 10.2 Å². The fraction of sp³-hybridized carbons (Fsp3) is 0.286. The number of nitrogens with zero attached hydrogens (tertiary/aromatic N) is 2. The van der Waals surface area contributed by atoms with Gasteiger partial charge in [0.05, 0.1) is 21.7 Å². The Morgan fingerprint density at radius 1 is 1.22 bits per heavy atom. The second kappa shape index (κ2) is 9.99. The molecule has 0 aliphatic heterocycles. The van der Waals surface area contributed by atoms with Crippen LogP contribution in [0, 0.1) is 0 Å². The van der Waals surface area contributed by atoms with Crippen molar-refractivity contribution in [2.24, 2.45) is 10.1 Å². The highest BCUT2D eigenvalue weighted by atomic mass is 32.2. The number of esters is 1. The minimum Gasteiger partial charge on any atom is -0.465 e. The fourth-order valence-electron chi connectivity index (χ4n) is 2.93. The molecule has 1 aromatic heterocycles. The number of thiazole rings is 1. The van der Waals surface area contributed by atoms with Gasteiger partial charge in [0.15, 0.2) is 4.80 Å². The summed E-state index contributed by atoms with van der Waals surface area (Å²) in [6.07, 6.45) is 0. The van der Waals surface area contributed by atoms with Crippen LogP contribution in [0.15, 0.2) is 57.2 Å². The molecule has 3 aromatic rings. The van der Waals surface area contributed by atoms with Gasteiger partial charge in [0.1, 0.15) is 6.54 Å². The molecule has 0 saturated heterocycles. The molecule has 3 rings (SSSR count). The Balaban J connectivity index is 2.11. The summed E-state index contributed by atoms with van der Waals surface area (Å²) in [5.41, 5.74) is 0.965. The van der Waals surface area contributed by atoms with Crippen LogP contribution in [0.5, 0.6) is 0 Å². The Bertz CT molecular complexity index is 1340. The van der Waals surface area contributed by atoms with Gasteiger partial charge in [-0.3, -0.25) is 9.59 Å². The van der Waals surface area contributed by atoms with Gasteiger partial charge in [0, 0.05) is 15.7 Å². The second-order valence-corrected chi connectivity index (χ2v) is 11.3. The van der Waals surface area contributed by atoms with Crippen LogP contribution in [0.1, 0.15) is 31.1 Å². The molecule has 0 aliphatic carbocycles. The van der Waals surface area contributed by atoms with Gasteiger partial charge in [0.2, 0.25) is 10.0 Å². The summed E-state index contributed by atoms with van der Waals surface area (Å²) >= 11 is 2.73. The van der Waals surface area contributed by atoms with Gasteiger partial charge >= 0.3 is 5.97 Å². The van der Waals surface area contributed by atoms with E-state index in [0.29, 0.717) is 21.0 Å². The molecule has 0 spiro atoms. The third-order valence-electron chi connectivity index (χ3n) is 4.23. The normalized spacial score (nSPS) is 12.5. The number of ether oxygens (including phenoxy) is 1. The Labute approximate surface area is 194 Å². The summed E-state index contributed by atoms with van der Waals surface area (Å²) in [6, 6.07) is 11.5. The van der Waals surface area contributed by atoms with E-state index in [0.717, 1.165) is 16.2 Å². The van der Waals surface area contributed by atoms with E-state index in [9.17, 15) is 18.0 Å². The molecule has 32 heavy (non-hydrogen) atoms. The highest BCUT2D eigenvalue weighted by molar-refractivity contribution is 7.99. The molecule has 170 valence electrons. The lowest BCUT2D eigenvalue weighted by atomic mass is 10.2. The number of hydrogen-bond donors (Lipinski definition) is 1. The molecule has 0 aliphatic rings. The van der Waals surface area contributed by atoms with E-state index in [2.05, 4.69) is 18.8 Å². The summed E-state index contributed by atoms with van der Waals surface area (Å²) in [4.78, 5) is 30.4. The summed E-state index contributed by atoms with van der Waals surface area (Å²) in [5.74, 6) is -0.959. The number of nitrogens with two attached hydrogens (primary N) is 1. The first-order valence-electron chi connectivity index (χ1n) is 9.76. The number of primary sulfonamides is 1. The summed E-state index contributed by atoms with van der Waals surface area (Å²) < 4.78 is 30.5. The monoisotopic (exact) mass is 493 g/mol. The van der Waals surface area contributed by atoms with E-state index in [1.807, 2.05) is 6.07 Å². The van der Waals surface area contributed by atoms with Gasteiger partial charge < -0.3 is 9.30 Å². The van der Waals surface area contributed by atoms with Crippen LogP contribution >= 0.6 is 23.1 Å². The van der Waals surface area contributed by atoms with Crippen LogP contribution < -0.4 is 9.94 Å². The quantitative estimate of drug-likeness (QED) is 0.399. The van der Waals surface area contributed by atoms with E-state index < -0.39 is 21.9 Å². The Hall–Kier alpha value is -2.47. The lowest BCUT2D eigenvalue weighted by Crippen LogP contribution is -2.23. The number of carbonyl (C=O) groups is 2. The van der Waals surface area contributed by atoms with Gasteiger partial charge in [-0.05, 0) is 43.3 Å². The van der Waals surface area contributed by atoms with Gasteiger partial charge in [-0.2, -0.15) is 4.99 Å². The number of fused-ring (bicyclic) bond motifs is 1. The van der Waals surface area contributed by atoms with Crippen molar-refractivity contribution in [3.63, 3.8) is 0 Å². The van der Waals surface area contributed by atoms with Crippen LogP contribution in [0.4, 0.5) is 0 Å². The van der Waals surface area contributed by atoms with Crippen molar-refractivity contribution in [1.29, 1.82) is 0 Å². The molecule has 0 bridgehead atoms. The van der Waals surface area contributed by atoms with Crippen LogP contribution in [-0.4, -0.2) is 36.7 Å². The molecule has 0 saturated carbocycles. The maximum absolute atomic E-state index is 12.9. The van der Waals surface area contributed by atoms with Crippen molar-refractivity contribution in [3.8, 4) is 0 Å². The van der Waals surface area contributed by atoms with Gasteiger partial charge in [-0.25, -0.2) is 13.6 Å². The number of sulfonamides is 1. The van der Waals surface area contributed by atoms with Crippen molar-refractivity contribution < 1.29 is 22.7 Å². The average Bonchev–Trinajstić information content (AvgIpc) is 3.03.